The van der Waals surface area contributed by atoms with Crippen LogP contribution in [0.4, 0.5) is 0 Å². The number of carbonyl (C=O) groups is 2. The molecule has 2 aromatic carbocycles. The SMILES string of the molecule is COc1ccc([C@@H]2CC(=O)Oc3ccc4c(c32)OC(C)(C)CC4=O)c(OC)c1. The molecule has 2 heterocycles. The van der Waals surface area contributed by atoms with E-state index in [4.69, 9.17) is 18.9 Å². The van der Waals surface area contributed by atoms with Crippen LogP contribution in [0.15, 0.2) is 30.3 Å². The number of ketones is 1. The maximum absolute atomic E-state index is 12.7. The van der Waals surface area contributed by atoms with E-state index in [1.54, 1.807) is 32.4 Å². The number of rotatable bonds is 3. The van der Waals surface area contributed by atoms with Gasteiger partial charge in [0.15, 0.2) is 5.78 Å². The average molecular weight is 382 g/mol. The highest BCUT2D eigenvalue weighted by atomic mass is 16.5. The molecule has 0 bridgehead atoms. The van der Waals surface area contributed by atoms with Gasteiger partial charge in [-0.1, -0.05) is 6.07 Å². The van der Waals surface area contributed by atoms with E-state index in [0.717, 1.165) is 5.56 Å². The third-order valence-electron chi connectivity index (χ3n) is 5.18. The summed E-state index contributed by atoms with van der Waals surface area (Å²) in [5.74, 6) is 1.50. The summed E-state index contributed by atoms with van der Waals surface area (Å²) in [7, 11) is 3.16. The average Bonchev–Trinajstić information content (AvgIpc) is 2.65. The second kappa shape index (κ2) is 6.55. The van der Waals surface area contributed by atoms with Crippen LogP contribution >= 0.6 is 0 Å². The van der Waals surface area contributed by atoms with Gasteiger partial charge in [-0.3, -0.25) is 9.59 Å². The van der Waals surface area contributed by atoms with Crippen molar-refractivity contribution in [2.24, 2.45) is 0 Å². The van der Waals surface area contributed by atoms with Crippen molar-refractivity contribution >= 4 is 11.8 Å². The standard InChI is InChI=1S/C22H22O6/c1-22(2)11-16(23)14-7-8-17-20(21(14)28-22)15(10-19(24)27-17)13-6-5-12(25-3)9-18(13)26-4/h5-9,15H,10-11H2,1-4H3/t15-/m0/s1. The van der Waals surface area contributed by atoms with Crippen LogP contribution < -0.4 is 18.9 Å². The maximum Gasteiger partial charge on any atom is 0.312 e. The van der Waals surface area contributed by atoms with Crippen LogP contribution in [-0.4, -0.2) is 31.6 Å². The van der Waals surface area contributed by atoms with Gasteiger partial charge in [0.05, 0.1) is 32.6 Å². The molecule has 4 rings (SSSR count). The Morgan fingerprint density at radius 2 is 1.86 bits per heavy atom. The minimum absolute atomic E-state index is 0.0198. The Bertz CT molecular complexity index is 975. The number of hydrogen-bond donors (Lipinski definition) is 0. The molecular formula is C22H22O6. The van der Waals surface area contributed by atoms with Gasteiger partial charge in [-0.2, -0.15) is 0 Å². The first-order chi connectivity index (χ1) is 13.3. The lowest BCUT2D eigenvalue weighted by atomic mass is 9.82. The van der Waals surface area contributed by atoms with Gasteiger partial charge in [-0.25, -0.2) is 0 Å². The van der Waals surface area contributed by atoms with Crippen molar-refractivity contribution in [3.8, 4) is 23.0 Å². The zero-order valence-corrected chi connectivity index (χ0v) is 16.3. The fourth-order valence-electron chi connectivity index (χ4n) is 3.93. The number of benzene rings is 2. The van der Waals surface area contributed by atoms with Gasteiger partial charge >= 0.3 is 5.97 Å². The van der Waals surface area contributed by atoms with Crippen molar-refractivity contribution in [1.29, 1.82) is 0 Å². The predicted molar refractivity (Wildman–Crippen MR) is 102 cm³/mol. The first-order valence-corrected chi connectivity index (χ1v) is 9.14. The Labute approximate surface area is 163 Å². The Kier molecular flexibility index (Phi) is 4.29. The van der Waals surface area contributed by atoms with Gasteiger partial charge in [-0.15, -0.1) is 0 Å². The highest BCUT2D eigenvalue weighted by Gasteiger charge is 2.40. The van der Waals surface area contributed by atoms with Crippen molar-refractivity contribution in [3.05, 3.63) is 47.0 Å². The lowest BCUT2D eigenvalue weighted by molar-refractivity contribution is -0.135. The molecule has 2 aromatic rings. The van der Waals surface area contributed by atoms with Gasteiger partial charge in [0, 0.05) is 23.1 Å². The monoisotopic (exact) mass is 382 g/mol. The fraction of sp³-hybridized carbons (Fsp3) is 0.364. The molecule has 2 aliphatic heterocycles. The molecule has 146 valence electrons. The maximum atomic E-state index is 12.7. The summed E-state index contributed by atoms with van der Waals surface area (Å²) in [5.41, 5.74) is 1.42. The van der Waals surface area contributed by atoms with Crippen LogP contribution in [0.3, 0.4) is 0 Å². The molecule has 0 saturated heterocycles. The van der Waals surface area contributed by atoms with Gasteiger partial charge in [0.2, 0.25) is 0 Å². The predicted octanol–water partition coefficient (Wildman–Crippen LogP) is 3.89. The minimum atomic E-state index is -0.630. The third kappa shape index (κ3) is 2.99. The number of ether oxygens (including phenoxy) is 4. The number of fused-ring (bicyclic) bond motifs is 3. The molecule has 0 aromatic heterocycles. The van der Waals surface area contributed by atoms with Crippen molar-refractivity contribution < 1.29 is 28.5 Å². The Hall–Kier alpha value is -3.02. The van der Waals surface area contributed by atoms with Crippen molar-refractivity contribution in [1.82, 2.24) is 0 Å². The molecule has 0 amide bonds. The number of Topliss-reactive ketones (excluding diaryl/α,β-unsaturated/α-hetero) is 1. The lowest BCUT2D eigenvalue weighted by Crippen LogP contribution is -2.37. The van der Waals surface area contributed by atoms with Crippen molar-refractivity contribution in [2.45, 2.75) is 38.2 Å². The molecule has 0 spiro atoms. The van der Waals surface area contributed by atoms with Crippen molar-refractivity contribution in [2.75, 3.05) is 14.2 Å². The first-order valence-electron chi connectivity index (χ1n) is 9.14. The smallest absolute Gasteiger partial charge is 0.312 e. The quantitative estimate of drug-likeness (QED) is 0.592. The van der Waals surface area contributed by atoms with Crippen LogP contribution in [0.2, 0.25) is 0 Å². The highest BCUT2D eigenvalue weighted by Crippen LogP contribution is 2.50. The largest absolute Gasteiger partial charge is 0.497 e. The van der Waals surface area contributed by atoms with Crippen molar-refractivity contribution in [3.63, 3.8) is 0 Å². The molecule has 0 radical (unpaired) electrons. The van der Waals surface area contributed by atoms with E-state index < -0.39 is 5.60 Å². The molecule has 0 fully saturated rings. The van der Waals surface area contributed by atoms with E-state index in [2.05, 4.69) is 0 Å². The molecule has 0 aliphatic carbocycles. The van der Waals surface area contributed by atoms with Gasteiger partial charge < -0.3 is 18.9 Å². The Morgan fingerprint density at radius 3 is 2.57 bits per heavy atom. The summed E-state index contributed by atoms with van der Waals surface area (Å²) in [6.45, 7) is 3.76. The molecule has 6 heteroatoms. The van der Waals surface area contributed by atoms with E-state index in [0.29, 0.717) is 40.5 Å². The Balaban J connectivity index is 1.93. The summed E-state index contributed by atoms with van der Waals surface area (Å²) >= 11 is 0. The lowest BCUT2D eigenvalue weighted by Gasteiger charge is -2.36. The Morgan fingerprint density at radius 1 is 1.07 bits per heavy atom. The second-order valence-corrected chi connectivity index (χ2v) is 7.65. The van der Waals surface area contributed by atoms with Crippen LogP contribution in [0, 0.1) is 0 Å². The molecule has 2 aliphatic rings. The molecule has 6 nitrogen and oxygen atoms in total. The second-order valence-electron chi connectivity index (χ2n) is 7.65. The number of esters is 1. The molecule has 1 atom stereocenters. The number of carbonyl (C=O) groups excluding carboxylic acids is 2. The highest BCUT2D eigenvalue weighted by molar-refractivity contribution is 6.01. The summed E-state index contributed by atoms with van der Waals surface area (Å²) in [6.07, 6.45) is 0.430. The van der Waals surface area contributed by atoms with E-state index in [1.165, 1.54) is 0 Å². The topological polar surface area (TPSA) is 71.1 Å². The molecular weight excluding hydrogens is 360 g/mol. The van der Waals surface area contributed by atoms with E-state index in [9.17, 15) is 9.59 Å². The van der Waals surface area contributed by atoms with Crippen LogP contribution in [0.1, 0.15) is 54.1 Å². The zero-order chi connectivity index (χ0) is 20.1. The van der Waals surface area contributed by atoms with Crippen LogP contribution in [-0.2, 0) is 4.79 Å². The van der Waals surface area contributed by atoms with Crippen LogP contribution in [0.25, 0.3) is 0 Å². The van der Waals surface area contributed by atoms with E-state index >= 15 is 0 Å². The first kappa shape index (κ1) is 18.3. The zero-order valence-electron chi connectivity index (χ0n) is 16.3. The van der Waals surface area contributed by atoms with Crippen LogP contribution in [0.5, 0.6) is 23.0 Å². The summed E-state index contributed by atoms with van der Waals surface area (Å²) in [4.78, 5) is 25.0. The van der Waals surface area contributed by atoms with Gasteiger partial charge in [0.25, 0.3) is 0 Å². The van der Waals surface area contributed by atoms with Gasteiger partial charge in [0.1, 0.15) is 28.6 Å². The van der Waals surface area contributed by atoms with Gasteiger partial charge in [-0.05, 0) is 32.0 Å². The normalized spacial score (nSPS) is 19.8. The number of hydrogen-bond acceptors (Lipinski definition) is 6. The molecule has 0 unspecified atom stereocenters. The minimum Gasteiger partial charge on any atom is -0.497 e. The molecule has 0 saturated carbocycles. The number of methoxy groups -OCH3 is 2. The summed E-state index contributed by atoms with van der Waals surface area (Å²) in [6, 6.07) is 8.82. The van der Waals surface area contributed by atoms with E-state index in [-0.39, 0.29) is 24.1 Å². The summed E-state index contributed by atoms with van der Waals surface area (Å²) in [5, 5.41) is 0. The molecule has 0 N–H and O–H groups in total. The fourth-order valence-corrected chi connectivity index (χ4v) is 3.93. The summed E-state index contributed by atoms with van der Waals surface area (Å²) < 4.78 is 22.5. The third-order valence-corrected chi connectivity index (χ3v) is 5.18. The molecule has 28 heavy (non-hydrogen) atoms. The van der Waals surface area contributed by atoms with E-state index in [1.807, 2.05) is 26.0 Å².